The number of benzene rings is 3. The number of halogens is 3. The summed E-state index contributed by atoms with van der Waals surface area (Å²) >= 11 is 1.59. The molecule has 0 bridgehead atoms. The van der Waals surface area contributed by atoms with E-state index in [0.29, 0.717) is 30.9 Å². The highest BCUT2D eigenvalue weighted by molar-refractivity contribution is 7.18. The maximum absolute atomic E-state index is 13.0. The van der Waals surface area contributed by atoms with Crippen LogP contribution in [0.25, 0.3) is 32.4 Å². The molecular weight excluding hydrogens is 613 g/mol. The fourth-order valence-corrected chi connectivity index (χ4v) is 7.13. The highest BCUT2D eigenvalue weighted by Gasteiger charge is 2.35. The molecule has 7 nitrogen and oxygen atoms in total. The molecule has 46 heavy (non-hydrogen) atoms. The molecule has 0 amide bonds. The Bertz CT molecular complexity index is 1990. The van der Waals surface area contributed by atoms with Crippen molar-refractivity contribution in [2.75, 3.05) is 0 Å². The van der Waals surface area contributed by atoms with Gasteiger partial charge in [-0.1, -0.05) is 55.3 Å². The molecule has 0 saturated heterocycles. The first kappa shape index (κ1) is 29.9. The van der Waals surface area contributed by atoms with E-state index in [2.05, 4.69) is 14.5 Å². The van der Waals surface area contributed by atoms with Gasteiger partial charge in [0.1, 0.15) is 28.9 Å². The number of carboxylic acid groups (broad SMARTS) is 1. The van der Waals surface area contributed by atoms with Gasteiger partial charge in [0.15, 0.2) is 0 Å². The summed E-state index contributed by atoms with van der Waals surface area (Å²) < 4.78 is 48.2. The number of para-hydroxylation sites is 1. The third-order valence-corrected chi connectivity index (χ3v) is 9.56. The number of hydrogen-bond donors (Lipinski definition) is 1. The van der Waals surface area contributed by atoms with Crippen molar-refractivity contribution in [1.29, 1.82) is 0 Å². The zero-order chi connectivity index (χ0) is 31.8. The maximum Gasteiger partial charge on any atom is 0.433 e. The summed E-state index contributed by atoms with van der Waals surface area (Å²) in [6.07, 6.45) is -0.113. The van der Waals surface area contributed by atoms with Crippen LogP contribution in [0.15, 0.2) is 85.1 Å². The van der Waals surface area contributed by atoms with Crippen molar-refractivity contribution in [3.63, 3.8) is 0 Å². The predicted molar refractivity (Wildman–Crippen MR) is 170 cm³/mol. The van der Waals surface area contributed by atoms with E-state index in [1.54, 1.807) is 11.3 Å². The molecular formula is C35H29F3N4O3S. The number of nitrogens with zero attached hydrogens (tertiary/aromatic N) is 4. The number of ether oxygens (including phenoxy) is 1. The standard InChI is InChI=1S/C35H29F3N4O3S/c36-35(37,38)31-16-13-23(18-39-31)22-11-9-21(10-12-22)19-42-29-15-14-24(45-20-32-40-27-7-3-4-8-30(27)46-32)17-28(29)41-33(42)25-5-1-2-6-26(25)34(43)44/h3-4,7-18,25-26H,1-2,5-6,19-20H2,(H,43,44)/t25-,26+/m1/s1. The second-order valence-electron chi connectivity index (χ2n) is 11.5. The van der Waals surface area contributed by atoms with E-state index in [9.17, 15) is 23.1 Å². The largest absolute Gasteiger partial charge is 0.486 e. The number of hydrogen-bond acceptors (Lipinski definition) is 6. The zero-order valence-corrected chi connectivity index (χ0v) is 25.4. The van der Waals surface area contributed by atoms with E-state index in [1.807, 2.05) is 66.7 Å². The van der Waals surface area contributed by atoms with Crippen LogP contribution in [0.1, 0.15) is 53.7 Å². The molecule has 1 saturated carbocycles. The van der Waals surface area contributed by atoms with Crippen molar-refractivity contribution in [3.8, 4) is 16.9 Å². The highest BCUT2D eigenvalue weighted by atomic mass is 32.1. The van der Waals surface area contributed by atoms with Gasteiger partial charge >= 0.3 is 12.1 Å². The second kappa shape index (κ2) is 12.2. The van der Waals surface area contributed by atoms with Crippen LogP contribution in [0.2, 0.25) is 0 Å². The summed E-state index contributed by atoms with van der Waals surface area (Å²) in [5.41, 5.74) is 3.87. The minimum atomic E-state index is -4.49. The Labute approximate surface area is 266 Å². The van der Waals surface area contributed by atoms with Gasteiger partial charge in [-0.3, -0.25) is 9.78 Å². The van der Waals surface area contributed by atoms with Gasteiger partial charge in [-0.05, 0) is 54.3 Å². The Balaban J connectivity index is 1.18. The summed E-state index contributed by atoms with van der Waals surface area (Å²) in [4.78, 5) is 25.5. The van der Waals surface area contributed by atoms with Crippen LogP contribution in [-0.2, 0) is 24.1 Å². The molecule has 0 unspecified atom stereocenters. The lowest BCUT2D eigenvalue weighted by Gasteiger charge is -2.28. The number of carbonyl (C=O) groups is 1. The summed E-state index contributed by atoms with van der Waals surface area (Å²) in [6, 6.07) is 23.7. The van der Waals surface area contributed by atoms with Crippen LogP contribution >= 0.6 is 11.3 Å². The fourth-order valence-electron chi connectivity index (χ4n) is 6.25. The Morgan fingerprint density at radius 1 is 0.935 bits per heavy atom. The molecule has 1 aliphatic rings. The van der Waals surface area contributed by atoms with E-state index < -0.39 is 23.8 Å². The van der Waals surface area contributed by atoms with Crippen LogP contribution in [0.4, 0.5) is 13.2 Å². The van der Waals surface area contributed by atoms with E-state index in [1.165, 1.54) is 12.3 Å². The van der Waals surface area contributed by atoms with Crippen molar-refractivity contribution in [2.24, 2.45) is 5.92 Å². The maximum atomic E-state index is 13.0. The van der Waals surface area contributed by atoms with Crippen LogP contribution in [0.3, 0.4) is 0 Å². The highest BCUT2D eigenvalue weighted by Crippen LogP contribution is 2.40. The molecule has 11 heteroatoms. The first-order chi connectivity index (χ1) is 22.2. The molecule has 3 heterocycles. The monoisotopic (exact) mass is 642 g/mol. The van der Waals surface area contributed by atoms with Gasteiger partial charge in [0, 0.05) is 30.3 Å². The van der Waals surface area contributed by atoms with Gasteiger partial charge in [-0.25, -0.2) is 9.97 Å². The van der Waals surface area contributed by atoms with E-state index in [0.717, 1.165) is 68.5 Å². The number of aliphatic carboxylic acids is 1. The number of thiazole rings is 1. The van der Waals surface area contributed by atoms with Gasteiger partial charge in [0.2, 0.25) is 0 Å². The van der Waals surface area contributed by atoms with E-state index >= 15 is 0 Å². The molecule has 1 fully saturated rings. The van der Waals surface area contributed by atoms with Crippen LogP contribution in [0, 0.1) is 5.92 Å². The predicted octanol–water partition coefficient (Wildman–Crippen LogP) is 8.71. The lowest BCUT2D eigenvalue weighted by atomic mass is 9.78. The van der Waals surface area contributed by atoms with Gasteiger partial charge in [-0.2, -0.15) is 13.2 Å². The Morgan fingerprint density at radius 2 is 1.72 bits per heavy atom. The molecule has 234 valence electrons. The van der Waals surface area contributed by atoms with Gasteiger partial charge in [0.05, 0.1) is 27.2 Å². The summed E-state index contributed by atoms with van der Waals surface area (Å²) in [7, 11) is 0. The molecule has 1 N–H and O–H groups in total. The summed E-state index contributed by atoms with van der Waals surface area (Å²) in [5, 5.41) is 10.9. The zero-order valence-electron chi connectivity index (χ0n) is 24.6. The SMILES string of the molecule is O=C(O)[C@H]1CCCC[C@H]1c1nc2cc(OCc3nc4ccccc4s3)ccc2n1Cc1ccc(-c2ccc(C(F)(F)F)nc2)cc1. The van der Waals surface area contributed by atoms with Crippen LogP contribution in [-0.4, -0.2) is 30.6 Å². The number of pyridine rings is 1. The number of imidazole rings is 1. The number of alkyl halides is 3. The quantitative estimate of drug-likeness (QED) is 0.179. The Morgan fingerprint density at radius 3 is 2.46 bits per heavy atom. The Kier molecular flexibility index (Phi) is 7.94. The van der Waals surface area contributed by atoms with Gasteiger partial charge < -0.3 is 14.4 Å². The topological polar surface area (TPSA) is 90.1 Å². The molecule has 1 aliphatic carbocycles. The lowest BCUT2D eigenvalue weighted by Crippen LogP contribution is -2.27. The molecule has 3 aromatic heterocycles. The number of carboxylic acids is 1. The molecule has 0 aliphatic heterocycles. The third kappa shape index (κ3) is 6.06. The normalized spacial score (nSPS) is 17.0. The van der Waals surface area contributed by atoms with Crippen molar-refractivity contribution < 1.29 is 27.8 Å². The van der Waals surface area contributed by atoms with E-state index in [4.69, 9.17) is 9.72 Å². The van der Waals surface area contributed by atoms with Crippen molar-refractivity contribution in [3.05, 3.63) is 107 Å². The smallest absolute Gasteiger partial charge is 0.433 e. The van der Waals surface area contributed by atoms with Crippen LogP contribution in [0.5, 0.6) is 5.75 Å². The molecule has 0 radical (unpaired) electrons. The molecule has 7 rings (SSSR count). The minimum Gasteiger partial charge on any atom is -0.486 e. The average molecular weight is 643 g/mol. The first-order valence-electron chi connectivity index (χ1n) is 15.1. The lowest BCUT2D eigenvalue weighted by molar-refractivity contribution is -0.143. The molecule has 2 atom stereocenters. The number of fused-ring (bicyclic) bond motifs is 2. The molecule has 6 aromatic rings. The van der Waals surface area contributed by atoms with Crippen molar-refractivity contribution in [2.45, 2.75) is 50.9 Å². The van der Waals surface area contributed by atoms with Gasteiger partial charge in [-0.15, -0.1) is 11.3 Å². The minimum absolute atomic E-state index is 0.233. The third-order valence-electron chi connectivity index (χ3n) is 8.55. The second-order valence-corrected chi connectivity index (χ2v) is 12.6. The van der Waals surface area contributed by atoms with Crippen LogP contribution < -0.4 is 4.74 Å². The number of aromatic nitrogens is 4. The molecule has 0 spiro atoms. The average Bonchev–Trinajstić information content (AvgIpc) is 3.64. The Hall–Kier alpha value is -4.77. The van der Waals surface area contributed by atoms with Gasteiger partial charge in [0.25, 0.3) is 0 Å². The molecule has 3 aromatic carbocycles. The van der Waals surface area contributed by atoms with Crippen molar-refractivity contribution in [1.82, 2.24) is 19.5 Å². The van der Waals surface area contributed by atoms with Crippen molar-refractivity contribution >= 4 is 38.6 Å². The fraction of sp³-hybridized carbons (Fsp3) is 0.257. The number of rotatable bonds is 8. The van der Waals surface area contributed by atoms with E-state index in [-0.39, 0.29) is 5.92 Å². The summed E-state index contributed by atoms with van der Waals surface area (Å²) in [6.45, 7) is 0.773. The summed E-state index contributed by atoms with van der Waals surface area (Å²) in [5.74, 6) is -0.174. The first-order valence-corrected chi connectivity index (χ1v) is 15.9.